The first-order valence-electron chi connectivity index (χ1n) is 5.41. The van der Waals surface area contributed by atoms with E-state index in [1.807, 2.05) is 6.08 Å². The number of aliphatic hydroxyl groups is 1. The minimum atomic E-state index is -0.902. The SMILES string of the molecule is O=C(NCC1(O)C=CCCC1)c1ccco1. The van der Waals surface area contributed by atoms with Crippen LogP contribution in [-0.2, 0) is 0 Å². The molecule has 1 aliphatic carbocycles. The van der Waals surface area contributed by atoms with Crippen molar-refractivity contribution >= 4 is 5.91 Å². The molecule has 0 saturated carbocycles. The predicted molar refractivity (Wildman–Crippen MR) is 59.0 cm³/mol. The third-order valence-electron chi connectivity index (χ3n) is 2.71. The highest BCUT2D eigenvalue weighted by Gasteiger charge is 2.26. The van der Waals surface area contributed by atoms with E-state index in [1.54, 1.807) is 18.2 Å². The fraction of sp³-hybridized carbons (Fsp3) is 0.417. The minimum absolute atomic E-state index is 0.225. The number of allylic oxidation sites excluding steroid dienone is 1. The largest absolute Gasteiger partial charge is 0.459 e. The van der Waals surface area contributed by atoms with Gasteiger partial charge in [0.15, 0.2) is 5.76 Å². The van der Waals surface area contributed by atoms with E-state index in [9.17, 15) is 9.90 Å². The van der Waals surface area contributed by atoms with Gasteiger partial charge in [0, 0.05) is 0 Å². The van der Waals surface area contributed by atoms with Crippen LogP contribution in [0.3, 0.4) is 0 Å². The van der Waals surface area contributed by atoms with Gasteiger partial charge in [0.05, 0.1) is 18.4 Å². The number of hydrogen-bond acceptors (Lipinski definition) is 3. The summed E-state index contributed by atoms with van der Waals surface area (Å²) in [4.78, 5) is 11.6. The first kappa shape index (κ1) is 11.0. The van der Waals surface area contributed by atoms with Gasteiger partial charge in [-0.1, -0.05) is 12.2 Å². The quantitative estimate of drug-likeness (QED) is 0.760. The van der Waals surface area contributed by atoms with Crippen molar-refractivity contribution in [3.05, 3.63) is 36.3 Å². The van der Waals surface area contributed by atoms with E-state index in [2.05, 4.69) is 5.32 Å². The number of furan rings is 1. The highest BCUT2D eigenvalue weighted by Crippen LogP contribution is 2.21. The summed E-state index contributed by atoms with van der Waals surface area (Å²) in [5.74, 6) is -0.0270. The van der Waals surface area contributed by atoms with Crippen LogP contribution >= 0.6 is 0 Å². The van der Waals surface area contributed by atoms with E-state index in [0.717, 1.165) is 12.8 Å². The van der Waals surface area contributed by atoms with E-state index in [1.165, 1.54) is 6.26 Å². The van der Waals surface area contributed by atoms with Gasteiger partial charge in [-0.2, -0.15) is 0 Å². The highest BCUT2D eigenvalue weighted by molar-refractivity contribution is 5.91. The molecule has 1 aromatic rings. The van der Waals surface area contributed by atoms with Gasteiger partial charge in [0.2, 0.25) is 0 Å². The van der Waals surface area contributed by atoms with Crippen LogP contribution in [0.2, 0.25) is 0 Å². The van der Waals surface area contributed by atoms with Crippen LogP contribution in [0.25, 0.3) is 0 Å². The van der Waals surface area contributed by atoms with Crippen LogP contribution in [0.5, 0.6) is 0 Å². The molecule has 1 heterocycles. The predicted octanol–water partition coefficient (Wildman–Crippen LogP) is 1.48. The van der Waals surface area contributed by atoms with Crippen molar-refractivity contribution in [3.8, 4) is 0 Å². The molecule has 0 aromatic carbocycles. The van der Waals surface area contributed by atoms with E-state index in [0.29, 0.717) is 6.42 Å². The molecule has 0 bridgehead atoms. The number of carbonyl (C=O) groups excluding carboxylic acids is 1. The molecule has 16 heavy (non-hydrogen) atoms. The lowest BCUT2D eigenvalue weighted by molar-refractivity contribution is 0.0649. The van der Waals surface area contributed by atoms with Gasteiger partial charge in [-0.15, -0.1) is 0 Å². The molecular formula is C12H15NO3. The molecular weight excluding hydrogens is 206 g/mol. The summed E-state index contributed by atoms with van der Waals surface area (Å²) in [7, 11) is 0. The van der Waals surface area contributed by atoms with Crippen molar-refractivity contribution in [2.75, 3.05) is 6.54 Å². The van der Waals surface area contributed by atoms with Crippen molar-refractivity contribution < 1.29 is 14.3 Å². The van der Waals surface area contributed by atoms with Gasteiger partial charge in [0.1, 0.15) is 0 Å². The van der Waals surface area contributed by atoms with E-state index in [-0.39, 0.29) is 18.2 Å². The van der Waals surface area contributed by atoms with Gasteiger partial charge in [-0.05, 0) is 31.4 Å². The third kappa shape index (κ3) is 2.52. The van der Waals surface area contributed by atoms with Crippen molar-refractivity contribution in [2.24, 2.45) is 0 Å². The maximum absolute atomic E-state index is 11.6. The Morgan fingerprint density at radius 1 is 1.62 bits per heavy atom. The Morgan fingerprint density at radius 3 is 3.12 bits per heavy atom. The maximum atomic E-state index is 11.6. The van der Waals surface area contributed by atoms with E-state index >= 15 is 0 Å². The zero-order valence-corrected chi connectivity index (χ0v) is 8.98. The summed E-state index contributed by atoms with van der Waals surface area (Å²) >= 11 is 0. The first-order valence-corrected chi connectivity index (χ1v) is 5.41. The molecule has 1 aromatic heterocycles. The molecule has 86 valence electrons. The number of carbonyl (C=O) groups is 1. The smallest absolute Gasteiger partial charge is 0.287 e. The molecule has 0 radical (unpaired) electrons. The van der Waals surface area contributed by atoms with Crippen LogP contribution in [0.1, 0.15) is 29.8 Å². The summed E-state index contributed by atoms with van der Waals surface area (Å²) in [6, 6.07) is 3.25. The fourth-order valence-electron chi connectivity index (χ4n) is 1.79. The molecule has 2 N–H and O–H groups in total. The molecule has 1 atom stereocenters. The van der Waals surface area contributed by atoms with Crippen LogP contribution in [0, 0.1) is 0 Å². The average molecular weight is 221 g/mol. The molecule has 0 spiro atoms. The van der Waals surface area contributed by atoms with Crippen molar-refractivity contribution in [1.82, 2.24) is 5.32 Å². The Hall–Kier alpha value is -1.55. The zero-order valence-electron chi connectivity index (χ0n) is 8.98. The molecule has 0 aliphatic heterocycles. The summed E-state index contributed by atoms with van der Waals surface area (Å²) in [6.07, 6.45) is 7.78. The number of rotatable bonds is 3. The van der Waals surface area contributed by atoms with Crippen LogP contribution in [-0.4, -0.2) is 23.2 Å². The summed E-state index contributed by atoms with van der Waals surface area (Å²) in [6.45, 7) is 0.225. The average Bonchev–Trinajstić information content (AvgIpc) is 2.80. The normalized spacial score (nSPS) is 24.3. The molecule has 4 nitrogen and oxygen atoms in total. The maximum Gasteiger partial charge on any atom is 0.287 e. The van der Waals surface area contributed by atoms with Crippen molar-refractivity contribution in [1.29, 1.82) is 0 Å². The van der Waals surface area contributed by atoms with Crippen LogP contribution < -0.4 is 5.32 Å². The Balaban J connectivity index is 1.90. The topological polar surface area (TPSA) is 62.5 Å². The molecule has 0 saturated heterocycles. The van der Waals surface area contributed by atoms with Gasteiger partial charge in [-0.3, -0.25) is 4.79 Å². The first-order chi connectivity index (χ1) is 7.70. The Labute approximate surface area is 94.0 Å². The molecule has 2 rings (SSSR count). The lowest BCUT2D eigenvalue weighted by Crippen LogP contribution is -2.42. The van der Waals surface area contributed by atoms with E-state index in [4.69, 9.17) is 4.42 Å². The molecule has 1 amide bonds. The monoisotopic (exact) mass is 221 g/mol. The third-order valence-corrected chi connectivity index (χ3v) is 2.71. The van der Waals surface area contributed by atoms with Gasteiger partial charge >= 0.3 is 0 Å². The van der Waals surface area contributed by atoms with Gasteiger partial charge in [0.25, 0.3) is 5.91 Å². The number of hydrogen-bond donors (Lipinski definition) is 2. The lowest BCUT2D eigenvalue weighted by Gasteiger charge is -2.27. The minimum Gasteiger partial charge on any atom is -0.459 e. The van der Waals surface area contributed by atoms with Crippen molar-refractivity contribution in [2.45, 2.75) is 24.9 Å². The zero-order chi connectivity index (χ0) is 11.4. The van der Waals surface area contributed by atoms with Crippen LogP contribution in [0.4, 0.5) is 0 Å². The Bertz CT molecular complexity index is 383. The second kappa shape index (κ2) is 4.53. The molecule has 1 unspecified atom stereocenters. The fourth-order valence-corrected chi connectivity index (χ4v) is 1.79. The summed E-state index contributed by atoms with van der Waals surface area (Å²) in [5.41, 5.74) is -0.902. The van der Waals surface area contributed by atoms with Gasteiger partial charge < -0.3 is 14.8 Å². The van der Waals surface area contributed by atoms with Crippen LogP contribution in [0.15, 0.2) is 35.0 Å². The lowest BCUT2D eigenvalue weighted by atomic mass is 9.91. The van der Waals surface area contributed by atoms with Gasteiger partial charge in [-0.25, -0.2) is 0 Å². The molecule has 1 aliphatic rings. The summed E-state index contributed by atoms with van der Waals surface area (Å²) < 4.78 is 4.96. The number of nitrogens with one attached hydrogen (secondary N) is 1. The van der Waals surface area contributed by atoms with E-state index < -0.39 is 5.60 Å². The molecule has 4 heteroatoms. The Kier molecular flexibility index (Phi) is 3.10. The number of amides is 1. The second-order valence-electron chi connectivity index (χ2n) is 4.06. The Morgan fingerprint density at radius 2 is 2.50 bits per heavy atom. The summed E-state index contributed by atoms with van der Waals surface area (Å²) in [5, 5.41) is 12.7. The molecule has 0 fully saturated rings. The van der Waals surface area contributed by atoms with Crippen molar-refractivity contribution in [3.63, 3.8) is 0 Å². The standard InChI is InChI=1S/C12H15NO3/c14-11(10-5-4-8-16-10)13-9-12(15)6-2-1-3-7-12/h2,4-6,8,15H,1,3,7,9H2,(H,13,14). The second-order valence-corrected chi connectivity index (χ2v) is 4.06. The highest BCUT2D eigenvalue weighted by atomic mass is 16.3.